The number of fused-ring (bicyclic) bond motifs is 2. The molecule has 2 N–H and O–H groups in total. The zero-order valence-electron chi connectivity index (χ0n) is 37.5. The Morgan fingerprint density at radius 1 is 0.400 bits per heavy atom. The van der Waals surface area contributed by atoms with Gasteiger partial charge in [0.25, 0.3) is 11.8 Å². The molecule has 8 aromatic rings. The fraction of sp³-hybridized carbons (Fsp3) is 0.148. The second-order valence-corrected chi connectivity index (χ2v) is 20.6. The summed E-state index contributed by atoms with van der Waals surface area (Å²) in [4.78, 5) is 70.2. The minimum Gasteiger partial charge on any atom is -0.478 e. The van der Waals surface area contributed by atoms with Gasteiger partial charge in [0.2, 0.25) is 0 Å². The lowest BCUT2D eigenvalue weighted by molar-refractivity contribution is 0.0670. The number of amides is 2. The Kier molecular flexibility index (Phi) is 15.1. The number of hydrogen-bond donors (Lipinski definition) is 2. The van der Waals surface area contributed by atoms with Gasteiger partial charge in [0.05, 0.1) is 22.3 Å². The maximum absolute atomic E-state index is 13.4. The van der Waals surface area contributed by atoms with Crippen LogP contribution in [-0.2, 0) is 0 Å². The van der Waals surface area contributed by atoms with Crippen molar-refractivity contribution in [2.75, 3.05) is 62.2 Å². The second-order valence-electron chi connectivity index (χ2n) is 16.5. The molecule has 0 saturated carbocycles. The third-order valence-electron chi connectivity index (χ3n) is 12.1. The highest BCUT2D eigenvalue weighted by Crippen LogP contribution is 2.35. The lowest BCUT2D eigenvalue weighted by Gasteiger charge is -2.36. The monoisotopic (exact) mass is 1090 g/mol. The maximum atomic E-state index is 13.4. The molecule has 10 rings (SSSR count). The average molecular weight is 1100 g/mol. The highest BCUT2D eigenvalue weighted by molar-refractivity contribution is 9.10. The summed E-state index contributed by atoms with van der Waals surface area (Å²) in [6.07, 6.45) is 7.01. The minimum absolute atomic E-state index is 0.0271. The molecule has 16 heteroatoms. The van der Waals surface area contributed by atoms with Crippen LogP contribution in [-0.4, -0.2) is 106 Å². The van der Waals surface area contributed by atoms with E-state index in [1.807, 2.05) is 66.7 Å². The van der Waals surface area contributed by atoms with Gasteiger partial charge in [-0.1, -0.05) is 79.6 Å². The topological polar surface area (TPSA) is 147 Å². The molecule has 2 amide bonds. The predicted molar refractivity (Wildman–Crippen MR) is 283 cm³/mol. The SMILES string of the molecule is O=C(O)c1cc(Sc2ccc3cc(Br)ccc3c2)ccc1C(=O)N1CCN(c2ccncc2)CC1.O=C(O)c1ccc(Sc2ccc3cc(Br)ccc3c2)cc1C(=O)N1CCN(c2ccncc2)CC1. The van der Waals surface area contributed by atoms with Crippen LogP contribution in [0.4, 0.5) is 11.4 Å². The summed E-state index contributed by atoms with van der Waals surface area (Å²) < 4.78 is 2.05. The zero-order chi connectivity index (χ0) is 48.7. The first-order valence-electron chi connectivity index (χ1n) is 22.3. The van der Waals surface area contributed by atoms with E-state index in [2.05, 4.69) is 88.0 Å². The Hall–Kier alpha value is -6.72. The summed E-state index contributed by atoms with van der Waals surface area (Å²) >= 11 is 9.98. The molecule has 2 aliphatic heterocycles. The van der Waals surface area contributed by atoms with E-state index in [0.29, 0.717) is 52.4 Å². The van der Waals surface area contributed by atoms with Gasteiger partial charge < -0.3 is 29.8 Å². The number of nitrogens with zero attached hydrogens (tertiary/aromatic N) is 6. The molecule has 0 aliphatic carbocycles. The van der Waals surface area contributed by atoms with Crippen LogP contribution in [0.15, 0.2) is 187 Å². The van der Waals surface area contributed by atoms with Gasteiger partial charge in [-0.05, 0) is 131 Å². The van der Waals surface area contributed by atoms with E-state index in [9.17, 15) is 29.4 Å². The van der Waals surface area contributed by atoms with Crippen molar-refractivity contribution in [1.29, 1.82) is 0 Å². The Morgan fingerprint density at radius 2 is 0.757 bits per heavy atom. The van der Waals surface area contributed by atoms with Crippen molar-refractivity contribution in [2.45, 2.75) is 19.6 Å². The van der Waals surface area contributed by atoms with Crippen LogP contribution in [0.25, 0.3) is 21.5 Å². The van der Waals surface area contributed by atoms with Crippen LogP contribution in [0.2, 0.25) is 0 Å². The predicted octanol–water partition coefficient (Wildman–Crippen LogP) is 11.6. The first-order valence-corrected chi connectivity index (χ1v) is 25.6. The first-order chi connectivity index (χ1) is 33.9. The van der Waals surface area contributed by atoms with E-state index in [1.54, 1.807) is 58.9 Å². The molecule has 2 saturated heterocycles. The van der Waals surface area contributed by atoms with Gasteiger partial charge in [0.1, 0.15) is 0 Å². The van der Waals surface area contributed by atoms with E-state index in [-0.39, 0.29) is 34.1 Å². The summed E-state index contributed by atoms with van der Waals surface area (Å²) in [5.74, 6) is -2.70. The van der Waals surface area contributed by atoms with E-state index in [4.69, 9.17) is 0 Å². The Morgan fingerprint density at radius 3 is 1.20 bits per heavy atom. The number of carboxylic acid groups (broad SMARTS) is 2. The number of carboxylic acids is 2. The van der Waals surface area contributed by atoms with E-state index in [1.165, 1.54) is 29.6 Å². The first kappa shape index (κ1) is 48.3. The molecule has 2 aromatic heterocycles. The van der Waals surface area contributed by atoms with Crippen molar-refractivity contribution >= 4 is 112 Å². The summed E-state index contributed by atoms with van der Waals surface area (Å²) in [5.41, 5.74) is 2.65. The van der Waals surface area contributed by atoms with Crippen molar-refractivity contribution in [3.63, 3.8) is 0 Å². The lowest BCUT2D eigenvalue weighted by Crippen LogP contribution is -2.49. The van der Waals surface area contributed by atoms with Gasteiger partial charge in [-0.15, -0.1) is 0 Å². The Labute approximate surface area is 429 Å². The molecule has 352 valence electrons. The zero-order valence-corrected chi connectivity index (χ0v) is 42.3. The van der Waals surface area contributed by atoms with E-state index < -0.39 is 11.9 Å². The lowest BCUT2D eigenvalue weighted by atomic mass is 10.1. The van der Waals surface area contributed by atoms with Crippen molar-refractivity contribution in [3.05, 3.63) is 189 Å². The molecular weight excluding hydrogens is 1050 g/mol. The average Bonchev–Trinajstić information content (AvgIpc) is 3.39. The molecule has 0 bridgehead atoms. The van der Waals surface area contributed by atoms with Crippen LogP contribution < -0.4 is 9.80 Å². The molecule has 70 heavy (non-hydrogen) atoms. The van der Waals surface area contributed by atoms with Crippen LogP contribution in [0, 0.1) is 0 Å². The summed E-state index contributed by atoms with van der Waals surface area (Å²) in [7, 11) is 0. The van der Waals surface area contributed by atoms with Crippen LogP contribution in [0.3, 0.4) is 0 Å². The normalized spacial score (nSPS) is 13.7. The molecular formula is C54H44Br2N6O6S2. The number of halogens is 2. The van der Waals surface area contributed by atoms with Gasteiger partial charge >= 0.3 is 11.9 Å². The molecule has 0 atom stereocenters. The number of carbonyl (C=O) groups excluding carboxylic acids is 2. The number of aromatic carboxylic acids is 2. The third-order valence-corrected chi connectivity index (χ3v) is 15.1. The van der Waals surface area contributed by atoms with Crippen LogP contribution in [0.5, 0.6) is 0 Å². The maximum Gasteiger partial charge on any atom is 0.336 e. The Bertz CT molecular complexity index is 3240. The second kappa shape index (κ2) is 21.9. The Balaban J connectivity index is 0.000000174. The summed E-state index contributed by atoms with van der Waals surface area (Å²) in [6.45, 7) is 4.85. The fourth-order valence-corrected chi connectivity index (χ4v) is 11.0. The molecule has 2 fully saturated rings. The number of piperazine rings is 2. The smallest absolute Gasteiger partial charge is 0.336 e. The van der Waals surface area contributed by atoms with Crippen LogP contribution >= 0.6 is 55.4 Å². The number of anilines is 2. The number of aromatic nitrogens is 2. The number of benzene rings is 6. The standard InChI is InChI=1S/2C27H22BrN3O3S/c28-20-3-1-19-16-22(4-2-18(19)15-20)35-23-5-6-24(27(33)34)25(17-23)26(32)31-13-11-30(12-14-31)21-7-9-29-10-8-21;28-20-3-1-19-16-22(4-2-18(19)15-20)35-23-5-6-24(25(17-23)27(33)34)26(32)31-13-11-30(12-14-31)21-7-9-29-10-8-21/h2*1-10,15-17H,11-14H2,(H,33,34). The van der Waals surface area contributed by atoms with Crippen molar-refractivity contribution < 1.29 is 29.4 Å². The van der Waals surface area contributed by atoms with Gasteiger partial charge in [-0.2, -0.15) is 0 Å². The number of hydrogen-bond acceptors (Lipinski definition) is 10. The highest BCUT2D eigenvalue weighted by Gasteiger charge is 2.28. The number of rotatable bonds is 10. The quantitative estimate of drug-likeness (QED) is 0.134. The molecule has 0 radical (unpaired) electrons. The van der Waals surface area contributed by atoms with Crippen molar-refractivity contribution in [2.24, 2.45) is 0 Å². The molecule has 0 unspecified atom stereocenters. The summed E-state index contributed by atoms with van der Waals surface area (Å²) in [6, 6.07) is 42.4. The molecule has 12 nitrogen and oxygen atoms in total. The number of pyridine rings is 2. The summed E-state index contributed by atoms with van der Waals surface area (Å²) in [5, 5.41) is 24.1. The fourth-order valence-electron chi connectivity index (χ4n) is 8.47. The van der Waals surface area contributed by atoms with Gasteiger partial charge in [0, 0.05) is 117 Å². The van der Waals surface area contributed by atoms with Gasteiger partial charge in [-0.25, -0.2) is 9.59 Å². The van der Waals surface area contributed by atoms with E-state index in [0.717, 1.165) is 61.4 Å². The van der Waals surface area contributed by atoms with Crippen molar-refractivity contribution in [3.8, 4) is 0 Å². The molecule has 4 heterocycles. The van der Waals surface area contributed by atoms with Gasteiger partial charge in [-0.3, -0.25) is 19.6 Å². The van der Waals surface area contributed by atoms with Crippen molar-refractivity contribution in [1.82, 2.24) is 19.8 Å². The van der Waals surface area contributed by atoms with Crippen LogP contribution in [0.1, 0.15) is 41.4 Å². The molecule has 6 aromatic carbocycles. The van der Waals surface area contributed by atoms with Gasteiger partial charge in [0.15, 0.2) is 0 Å². The minimum atomic E-state index is -1.10. The highest BCUT2D eigenvalue weighted by atomic mass is 79.9. The third kappa shape index (κ3) is 11.5. The number of carbonyl (C=O) groups is 4. The van der Waals surface area contributed by atoms with E-state index >= 15 is 0 Å². The largest absolute Gasteiger partial charge is 0.478 e. The molecule has 0 spiro atoms. The molecule has 2 aliphatic rings.